The lowest BCUT2D eigenvalue weighted by Crippen LogP contribution is -2.08. The van der Waals surface area contributed by atoms with Crippen molar-refractivity contribution in [3.05, 3.63) is 32.8 Å². The highest BCUT2D eigenvalue weighted by Crippen LogP contribution is 2.36. The number of rotatable bonds is 2. The van der Waals surface area contributed by atoms with Crippen LogP contribution in [0.4, 0.5) is 0 Å². The normalized spacial score (nSPS) is 12.6. The van der Waals surface area contributed by atoms with Crippen molar-refractivity contribution in [2.24, 2.45) is 0 Å². The van der Waals surface area contributed by atoms with E-state index >= 15 is 0 Å². The molecule has 76 valence electrons. The van der Waals surface area contributed by atoms with Crippen LogP contribution in [-0.2, 0) is 4.79 Å². The van der Waals surface area contributed by atoms with Crippen LogP contribution in [0.15, 0.2) is 12.1 Å². The summed E-state index contributed by atoms with van der Waals surface area (Å²) in [5, 5.41) is 9.64. The molecule has 0 aliphatic heterocycles. The predicted octanol–water partition coefficient (Wildman–Crippen LogP) is 3.83. The molecule has 1 N–H and O–H groups in total. The van der Waals surface area contributed by atoms with Crippen LogP contribution in [0.25, 0.3) is 0 Å². The predicted molar refractivity (Wildman–Crippen MR) is 57.5 cm³/mol. The molecule has 0 amide bonds. The monoisotopic (exact) mass is 252 g/mol. The summed E-state index contributed by atoms with van der Waals surface area (Å²) in [6, 6.07) is 3.06. The Hall–Kier alpha value is -0.440. The molecule has 0 saturated carbocycles. The molecule has 5 heteroatoms. The highest BCUT2D eigenvalue weighted by Gasteiger charge is 2.21. The lowest BCUT2D eigenvalue weighted by atomic mass is 10.0. The molecule has 0 spiro atoms. The van der Waals surface area contributed by atoms with E-state index in [-0.39, 0.29) is 5.02 Å². The van der Waals surface area contributed by atoms with Crippen LogP contribution < -0.4 is 0 Å². The maximum atomic E-state index is 10.8. The summed E-state index contributed by atoms with van der Waals surface area (Å²) in [4.78, 5) is 10.8. The first-order valence-corrected chi connectivity index (χ1v) is 4.94. The first-order valence-electron chi connectivity index (χ1n) is 3.81. The van der Waals surface area contributed by atoms with Crippen molar-refractivity contribution in [3.8, 4) is 0 Å². The molecule has 1 atom stereocenters. The molecule has 2 nitrogen and oxygen atoms in total. The average molecular weight is 254 g/mol. The smallest absolute Gasteiger partial charge is 0.310 e. The first kappa shape index (κ1) is 11.6. The molecule has 1 aromatic rings. The Kier molecular flexibility index (Phi) is 3.65. The second-order valence-corrected chi connectivity index (χ2v) is 4.01. The number of aliphatic carboxylic acids is 1. The Bertz CT molecular complexity index is 377. The van der Waals surface area contributed by atoms with Crippen LogP contribution in [0, 0.1) is 0 Å². The Labute approximate surface area is 96.4 Å². The van der Waals surface area contributed by atoms with Crippen LogP contribution in [0.5, 0.6) is 0 Å². The first-order chi connectivity index (χ1) is 6.45. The number of benzene rings is 1. The van der Waals surface area contributed by atoms with E-state index in [0.29, 0.717) is 15.6 Å². The summed E-state index contributed by atoms with van der Waals surface area (Å²) >= 11 is 17.4. The topological polar surface area (TPSA) is 37.3 Å². The lowest BCUT2D eigenvalue weighted by Gasteiger charge is -2.11. The van der Waals surface area contributed by atoms with Crippen molar-refractivity contribution in [1.82, 2.24) is 0 Å². The molecular weight excluding hydrogens is 246 g/mol. The Balaban J connectivity index is 3.32. The molecule has 1 rings (SSSR count). The molecule has 0 aliphatic rings. The molecule has 1 unspecified atom stereocenters. The summed E-state index contributed by atoms with van der Waals surface area (Å²) in [5.74, 6) is -1.76. The van der Waals surface area contributed by atoms with Gasteiger partial charge in [0.15, 0.2) is 0 Å². The third-order valence-electron chi connectivity index (χ3n) is 1.88. The summed E-state index contributed by atoms with van der Waals surface area (Å²) in [6.45, 7) is 1.51. The Morgan fingerprint density at radius 2 is 1.79 bits per heavy atom. The third-order valence-corrected chi connectivity index (χ3v) is 3.03. The van der Waals surface area contributed by atoms with E-state index in [1.54, 1.807) is 0 Å². The molecule has 0 radical (unpaired) electrons. The zero-order valence-electron chi connectivity index (χ0n) is 7.22. The quantitative estimate of drug-likeness (QED) is 0.813. The lowest BCUT2D eigenvalue weighted by molar-refractivity contribution is -0.138. The number of hydrogen-bond acceptors (Lipinski definition) is 1. The van der Waals surface area contributed by atoms with Crippen molar-refractivity contribution in [3.63, 3.8) is 0 Å². The maximum absolute atomic E-state index is 10.8. The van der Waals surface area contributed by atoms with Crippen LogP contribution in [0.2, 0.25) is 15.1 Å². The van der Waals surface area contributed by atoms with Gasteiger partial charge in [-0.3, -0.25) is 4.79 Å². The molecule has 0 aliphatic carbocycles. The van der Waals surface area contributed by atoms with E-state index in [4.69, 9.17) is 39.9 Å². The Morgan fingerprint density at radius 3 is 2.29 bits per heavy atom. The van der Waals surface area contributed by atoms with Gasteiger partial charge in [-0.1, -0.05) is 34.8 Å². The second-order valence-electron chi connectivity index (χ2n) is 2.82. The molecular formula is C9H7Cl3O2. The van der Waals surface area contributed by atoms with Crippen molar-refractivity contribution >= 4 is 40.8 Å². The zero-order valence-corrected chi connectivity index (χ0v) is 9.49. The van der Waals surface area contributed by atoms with E-state index in [1.165, 1.54) is 19.1 Å². The van der Waals surface area contributed by atoms with Crippen molar-refractivity contribution in [2.75, 3.05) is 0 Å². The highest BCUT2D eigenvalue weighted by molar-refractivity contribution is 6.44. The number of hydrogen-bond donors (Lipinski definition) is 1. The van der Waals surface area contributed by atoms with E-state index in [0.717, 1.165) is 0 Å². The van der Waals surface area contributed by atoms with Crippen molar-refractivity contribution in [2.45, 2.75) is 12.8 Å². The van der Waals surface area contributed by atoms with E-state index in [1.807, 2.05) is 0 Å². The van der Waals surface area contributed by atoms with E-state index in [2.05, 4.69) is 0 Å². The molecule has 0 bridgehead atoms. The average Bonchev–Trinajstić information content (AvgIpc) is 2.12. The van der Waals surface area contributed by atoms with Gasteiger partial charge in [0.05, 0.1) is 16.0 Å². The second kappa shape index (κ2) is 4.39. The highest BCUT2D eigenvalue weighted by atomic mass is 35.5. The largest absolute Gasteiger partial charge is 0.481 e. The zero-order chi connectivity index (χ0) is 10.9. The van der Waals surface area contributed by atoms with Crippen molar-refractivity contribution in [1.29, 1.82) is 0 Å². The van der Waals surface area contributed by atoms with Gasteiger partial charge in [0.2, 0.25) is 0 Å². The van der Waals surface area contributed by atoms with Gasteiger partial charge in [-0.2, -0.15) is 0 Å². The van der Waals surface area contributed by atoms with Gasteiger partial charge in [-0.05, 0) is 19.1 Å². The maximum Gasteiger partial charge on any atom is 0.310 e. The molecule has 0 fully saturated rings. The SMILES string of the molecule is CC(C(=O)O)c1c(Cl)ccc(Cl)c1Cl. The fourth-order valence-electron chi connectivity index (χ4n) is 1.06. The van der Waals surface area contributed by atoms with E-state index < -0.39 is 11.9 Å². The van der Waals surface area contributed by atoms with Gasteiger partial charge < -0.3 is 5.11 Å². The van der Waals surface area contributed by atoms with Crippen LogP contribution in [-0.4, -0.2) is 11.1 Å². The van der Waals surface area contributed by atoms with Crippen LogP contribution >= 0.6 is 34.8 Å². The third kappa shape index (κ3) is 2.14. The summed E-state index contributed by atoms with van der Waals surface area (Å²) in [5.41, 5.74) is 0.355. The summed E-state index contributed by atoms with van der Waals surface area (Å²) in [6.07, 6.45) is 0. The molecule has 14 heavy (non-hydrogen) atoms. The van der Waals surface area contributed by atoms with Gasteiger partial charge in [-0.25, -0.2) is 0 Å². The molecule has 0 saturated heterocycles. The van der Waals surface area contributed by atoms with E-state index in [9.17, 15) is 4.79 Å². The number of carboxylic acid groups (broad SMARTS) is 1. The molecule has 0 aromatic heterocycles. The summed E-state index contributed by atoms with van der Waals surface area (Å²) in [7, 11) is 0. The van der Waals surface area contributed by atoms with Gasteiger partial charge in [0.1, 0.15) is 0 Å². The number of halogens is 3. The van der Waals surface area contributed by atoms with Gasteiger partial charge in [-0.15, -0.1) is 0 Å². The minimum atomic E-state index is -0.990. The standard InChI is InChI=1S/C9H7Cl3O2/c1-4(9(13)14)7-5(10)2-3-6(11)8(7)12/h2-4H,1H3,(H,13,14). The number of carboxylic acids is 1. The van der Waals surface area contributed by atoms with Gasteiger partial charge in [0, 0.05) is 10.6 Å². The van der Waals surface area contributed by atoms with Crippen LogP contribution in [0.3, 0.4) is 0 Å². The molecule has 1 aromatic carbocycles. The van der Waals surface area contributed by atoms with Gasteiger partial charge >= 0.3 is 5.97 Å². The van der Waals surface area contributed by atoms with Gasteiger partial charge in [0.25, 0.3) is 0 Å². The fourth-order valence-corrected chi connectivity index (χ4v) is 1.93. The Morgan fingerprint density at radius 1 is 1.29 bits per heavy atom. The molecule has 0 heterocycles. The minimum absolute atomic E-state index is 0.203. The number of carbonyl (C=O) groups is 1. The summed E-state index contributed by atoms with van der Waals surface area (Å²) < 4.78 is 0. The van der Waals surface area contributed by atoms with Crippen molar-refractivity contribution < 1.29 is 9.90 Å². The van der Waals surface area contributed by atoms with Crippen LogP contribution in [0.1, 0.15) is 18.4 Å². The minimum Gasteiger partial charge on any atom is -0.481 e. The fraction of sp³-hybridized carbons (Fsp3) is 0.222.